The third-order valence-electron chi connectivity index (χ3n) is 4.23. The molecule has 7 nitrogen and oxygen atoms in total. The number of benzene rings is 1. The average Bonchev–Trinajstić information content (AvgIpc) is 3.12. The van der Waals surface area contributed by atoms with Gasteiger partial charge in [-0.3, -0.25) is 14.5 Å². The molecule has 0 bridgehead atoms. The SMILES string of the molecule is O=C(O)Cc1csc(SCC(=O)NC[C@H]2CN(Cc3cccc(F)c3)CCO2)n1. The number of thiazole rings is 1. The summed E-state index contributed by atoms with van der Waals surface area (Å²) in [6.45, 7) is 3.04. The second kappa shape index (κ2) is 10.7. The Kier molecular flexibility index (Phi) is 7.99. The van der Waals surface area contributed by atoms with Gasteiger partial charge in [0.2, 0.25) is 5.91 Å². The van der Waals surface area contributed by atoms with E-state index in [1.54, 1.807) is 11.4 Å². The minimum absolute atomic E-state index is 0.117. The van der Waals surface area contributed by atoms with Gasteiger partial charge in [0.1, 0.15) is 5.82 Å². The van der Waals surface area contributed by atoms with Gasteiger partial charge in [0.25, 0.3) is 0 Å². The minimum atomic E-state index is -0.927. The Hall–Kier alpha value is -2.01. The zero-order valence-electron chi connectivity index (χ0n) is 15.7. The van der Waals surface area contributed by atoms with Crippen molar-refractivity contribution in [3.8, 4) is 0 Å². The van der Waals surface area contributed by atoms with Crippen LogP contribution in [0, 0.1) is 5.82 Å². The molecule has 1 saturated heterocycles. The number of thioether (sulfide) groups is 1. The minimum Gasteiger partial charge on any atom is -0.481 e. The Morgan fingerprint density at radius 1 is 1.45 bits per heavy atom. The molecule has 29 heavy (non-hydrogen) atoms. The van der Waals surface area contributed by atoms with E-state index in [2.05, 4.69) is 15.2 Å². The van der Waals surface area contributed by atoms with Gasteiger partial charge in [-0.05, 0) is 17.7 Å². The van der Waals surface area contributed by atoms with Gasteiger partial charge in [0.15, 0.2) is 4.34 Å². The van der Waals surface area contributed by atoms with Crippen LogP contribution in [0.15, 0.2) is 34.0 Å². The number of aromatic nitrogens is 1. The highest BCUT2D eigenvalue weighted by Crippen LogP contribution is 2.22. The smallest absolute Gasteiger partial charge is 0.309 e. The molecule has 2 heterocycles. The maximum atomic E-state index is 13.3. The highest BCUT2D eigenvalue weighted by atomic mass is 32.2. The Labute approximate surface area is 176 Å². The largest absolute Gasteiger partial charge is 0.481 e. The first-order valence-electron chi connectivity index (χ1n) is 9.12. The number of amides is 1. The van der Waals surface area contributed by atoms with Crippen molar-refractivity contribution in [1.82, 2.24) is 15.2 Å². The second-order valence-corrected chi connectivity index (χ2v) is 8.71. The number of ether oxygens (including phenoxy) is 1. The average molecular weight is 440 g/mol. The van der Waals surface area contributed by atoms with E-state index >= 15 is 0 Å². The zero-order valence-corrected chi connectivity index (χ0v) is 17.3. The Bertz CT molecular complexity index is 848. The van der Waals surface area contributed by atoms with Crippen molar-refractivity contribution in [3.63, 3.8) is 0 Å². The fourth-order valence-corrected chi connectivity index (χ4v) is 4.61. The second-order valence-electron chi connectivity index (χ2n) is 6.63. The topological polar surface area (TPSA) is 91.8 Å². The molecule has 1 aromatic carbocycles. The maximum absolute atomic E-state index is 13.3. The first-order valence-corrected chi connectivity index (χ1v) is 11.0. The predicted octanol–water partition coefficient (Wildman–Crippen LogP) is 2.02. The van der Waals surface area contributed by atoms with Crippen LogP contribution in [0.1, 0.15) is 11.3 Å². The van der Waals surface area contributed by atoms with E-state index in [1.165, 1.54) is 35.2 Å². The predicted molar refractivity (Wildman–Crippen MR) is 109 cm³/mol. The van der Waals surface area contributed by atoms with Crippen molar-refractivity contribution in [2.75, 3.05) is 32.0 Å². The molecule has 2 N–H and O–H groups in total. The molecule has 10 heteroatoms. The number of nitrogens with zero attached hydrogens (tertiary/aromatic N) is 2. The van der Waals surface area contributed by atoms with Gasteiger partial charge in [-0.15, -0.1) is 11.3 Å². The number of carboxylic acids is 1. The highest BCUT2D eigenvalue weighted by molar-refractivity contribution is 8.01. The maximum Gasteiger partial charge on any atom is 0.309 e. The Balaban J connectivity index is 1.38. The Morgan fingerprint density at radius 3 is 3.10 bits per heavy atom. The van der Waals surface area contributed by atoms with Crippen molar-refractivity contribution >= 4 is 35.0 Å². The van der Waals surface area contributed by atoms with E-state index in [4.69, 9.17) is 9.84 Å². The molecule has 1 amide bonds. The molecule has 156 valence electrons. The van der Waals surface area contributed by atoms with E-state index in [1.807, 2.05) is 6.07 Å². The lowest BCUT2D eigenvalue weighted by Gasteiger charge is -2.33. The molecule has 1 aromatic heterocycles. The van der Waals surface area contributed by atoms with Crippen LogP contribution in [-0.2, 0) is 27.3 Å². The first-order chi connectivity index (χ1) is 14.0. The summed E-state index contributed by atoms with van der Waals surface area (Å²) in [5.74, 6) is -1.09. The Morgan fingerprint density at radius 2 is 2.31 bits per heavy atom. The highest BCUT2D eigenvalue weighted by Gasteiger charge is 2.21. The first kappa shape index (κ1) is 21.7. The molecular formula is C19H22FN3O4S2. The molecule has 2 aromatic rings. The van der Waals surface area contributed by atoms with E-state index in [9.17, 15) is 14.0 Å². The third-order valence-corrected chi connectivity index (χ3v) is 6.30. The van der Waals surface area contributed by atoms with Gasteiger partial charge in [0, 0.05) is 31.6 Å². The lowest BCUT2D eigenvalue weighted by atomic mass is 10.2. The van der Waals surface area contributed by atoms with Crippen LogP contribution in [0.5, 0.6) is 0 Å². The summed E-state index contributed by atoms with van der Waals surface area (Å²) in [4.78, 5) is 29.2. The van der Waals surface area contributed by atoms with Gasteiger partial charge in [-0.25, -0.2) is 9.37 Å². The third kappa shape index (κ3) is 7.39. The molecule has 0 radical (unpaired) electrons. The van der Waals surface area contributed by atoms with Crippen LogP contribution in [0.3, 0.4) is 0 Å². The molecular weight excluding hydrogens is 417 g/mol. The lowest BCUT2D eigenvalue weighted by molar-refractivity contribution is -0.136. The normalized spacial score (nSPS) is 17.2. The summed E-state index contributed by atoms with van der Waals surface area (Å²) in [5.41, 5.74) is 1.41. The number of hydrogen-bond acceptors (Lipinski definition) is 7. The molecule has 1 aliphatic heterocycles. The molecule has 0 saturated carbocycles. The summed E-state index contributed by atoms with van der Waals surface area (Å²) >= 11 is 2.61. The lowest BCUT2D eigenvalue weighted by Crippen LogP contribution is -2.47. The quantitative estimate of drug-likeness (QED) is 0.578. The molecule has 1 atom stereocenters. The summed E-state index contributed by atoms with van der Waals surface area (Å²) in [7, 11) is 0. The number of morpholine rings is 1. The number of carbonyl (C=O) groups excluding carboxylic acids is 1. The van der Waals surface area contributed by atoms with Gasteiger partial charge < -0.3 is 15.2 Å². The monoisotopic (exact) mass is 439 g/mol. The molecule has 0 unspecified atom stereocenters. The van der Waals surface area contributed by atoms with Gasteiger partial charge in [0.05, 0.1) is 30.6 Å². The van der Waals surface area contributed by atoms with E-state index in [0.29, 0.717) is 36.3 Å². The van der Waals surface area contributed by atoms with E-state index in [0.717, 1.165) is 12.1 Å². The van der Waals surface area contributed by atoms with Crippen LogP contribution in [0.25, 0.3) is 0 Å². The summed E-state index contributed by atoms with van der Waals surface area (Å²) < 4.78 is 19.7. The fourth-order valence-electron chi connectivity index (χ4n) is 2.94. The van der Waals surface area contributed by atoms with Crippen LogP contribution >= 0.6 is 23.1 Å². The van der Waals surface area contributed by atoms with Gasteiger partial charge in [-0.1, -0.05) is 23.9 Å². The number of rotatable bonds is 9. The van der Waals surface area contributed by atoms with Crippen LogP contribution in [-0.4, -0.2) is 65.0 Å². The van der Waals surface area contributed by atoms with Crippen molar-refractivity contribution in [1.29, 1.82) is 0 Å². The number of hydrogen-bond donors (Lipinski definition) is 2. The van der Waals surface area contributed by atoms with Gasteiger partial charge >= 0.3 is 5.97 Å². The molecule has 0 spiro atoms. The molecule has 1 fully saturated rings. The standard InChI is InChI=1S/C19H22FN3O4S2/c20-14-3-1-2-13(6-14)9-23-4-5-27-16(10-23)8-21-17(24)12-29-19-22-15(11-28-19)7-18(25)26/h1-3,6,11,16H,4-5,7-10,12H2,(H,21,24)(H,25,26)/t16-/m0/s1. The van der Waals surface area contributed by atoms with Gasteiger partial charge in [-0.2, -0.15) is 0 Å². The van der Waals surface area contributed by atoms with Crippen molar-refractivity contribution in [2.45, 2.75) is 23.4 Å². The number of carbonyl (C=O) groups is 2. The number of halogens is 1. The van der Waals surface area contributed by atoms with Crippen LogP contribution in [0.4, 0.5) is 4.39 Å². The van der Waals surface area contributed by atoms with E-state index in [-0.39, 0.29) is 30.0 Å². The number of nitrogens with one attached hydrogen (secondary N) is 1. The van der Waals surface area contributed by atoms with E-state index < -0.39 is 5.97 Å². The number of aliphatic carboxylic acids is 1. The summed E-state index contributed by atoms with van der Waals surface area (Å²) in [6, 6.07) is 6.56. The molecule has 0 aliphatic carbocycles. The van der Waals surface area contributed by atoms with Crippen molar-refractivity contribution in [3.05, 3.63) is 46.7 Å². The number of carboxylic acid groups (broad SMARTS) is 1. The molecule has 1 aliphatic rings. The van der Waals surface area contributed by atoms with Crippen molar-refractivity contribution in [2.24, 2.45) is 0 Å². The zero-order chi connectivity index (χ0) is 20.6. The summed E-state index contributed by atoms with van der Waals surface area (Å²) in [6.07, 6.45) is -0.234. The molecule has 3 rings (SSSR count). The van der Waals surface area contributed by atoms with Crippen LogP contribution < -0.4 is 5.32 Å². The summed E-state index contributed by atoms with van der Waals surface area (Å²) in [5, 5.41) is 13.3. The van der Waals surface area contributed by atoms with Crippen molar-refractivity contribution < 1.29 is 23.8 Å². The fraction of sp³-hybridized carbons (Fsp3) is 0.421. The van der Waals surface area contributed by atoms with Crippen LogP contribution in [0.2, 0.25) is 0 Å².